The molecule has 1 atom stereocenters. The van der Waals surface area contributed by atoms with Gasteiger partial charge >= 0.3 is 5.97 Å². The van der Waals surface area contributed by atoms with E-state index in [1.807, 2.05) is 35.0 Å². The second kappa shape index (κ2) is 7.67. The molecule has 2 heterocycles. The van der Waals surface area contributed by atoms with Gasteiger partial charge in [-0.3, -0.25) is 9.59 Å². The van der Waals surface area contributed by atoms with Crippen molar-refractivity contribution in [3.05, 3.63) is 36.0 Å². The fourth-order valence-corrected chi connectivity index (χ4v) is 3.24. The average molecular weight is 346 g/mol. The van der Waals surface area contributed by atoms with Gasteiger partial charge in [-0.25, -0.2) is 0 Å². The number of carbonyl (C=O) groups is 2. The van der Waals surface area contributed by atoms with Gasteiger partial charge in [0.05, 0.1) is 37.8 Å². The number of carboxylic acid groups (broad SMARTS) is 1. The minimum atomic E-state index is -0.934. The zero-order chi connectivity index (χ0) is 17.8. The van der Waals surface area contributed by atoms with Crippen LogP contribution >= 0.6 is 0 Å². The van der Waals surface area contributed by atoms with E-state index in [0.717, 1.165) is 10.9 Å². The van der Waals surface area contributed by atoms with Crippen LogP contribution in [0, 0.1) is 0 Å². The molecule has 0 radical (unpaired) electrons. The molecule has 1 aromatic heterocycles. The summed E-state index contributed by atoms with van der Waals surface area (Å²) >= 11 is 0. The molecular formula is C18H22N2O5. The Morgan fingerprint density at radius 1 is 1.36 bits per heavy atom. The van der Waals surface area contributed by atoms with Gasteiger partial charge in [-0.05, 0) is 6.07 Å². The number of methoxy groups -OCH3 is 1. The van der Waals surface area contributed by atoms with E-state index in [1.165, 1.54) is 0 Å². The normalized spacial score (nSPS) is 17.8. The molecule has 2 aromatic rings. The van der Waals surface area contributed by atoms with Gasteiger partial charge in [0.15, 0.2) is 0 Å². The van der Waals surface area contributed by atoms with E-state index in [0.29, 0.717) is 31.9 Å². The van der Waals surface area contributed by atoms with Crippen LogP contribution in [0.15, 0.2) is 30.5 Å². The number of aromatic nitrogens is 1. The van der Waals surface area contributed by atoms with E-state index >= 15 is 0 Å². The van der Waals surface area contributed by atoms with Crippen LogP contribution < -0.4 is 0 Å². The van der Waals surface area contributed by atoms with Crippen molar-refractivity contribution in [1.82, 2.24) is 9.47 Å². The highest BCUT2D eigenvalue weighted by molar-refractivity contribution is 6.07. The SMILES string of the molecule is COCCn1cc(C(=O)N2CCOCC2CC(=O)O)c2ccccc21. The molecule has 134 valence electrons. The third kappa shape index (κ3) is 3.67. The molecule has 0 saturated carbocycles. The molecule has 1 aliphatic heterocycles. The topological polar surface area (TPSA) is 81.0 Å². The lowest BCUT2D eigenvalue weighted by Gasteiger charge is -2.34. The summed E-state index contributed by atoms with van der Waals surface area (Å²) in [5.74, 6) is -1.09. The zero-order valence-corrected chi connectivity index (χ0v) is 14.2. The third-order valence-corrected chi connectivity index (χ3v) is 4.45. The van der Waals surface area contributed by atoms with E-state index < -0.39 is 12.0 Å². The van der Waals surface area contributed by atoms with Crippen molar-refractivity contribution in [3.8, 4) is 0 Å². The standard InChI is InChI=1S/C18H22N2O5/c1-24-8-6-19-11-15(14-4-2-3-5-16(14)19)18(23)20-7-9-25-12-13(20)10-17(21)22/h2-5,11,13H,6-10,12H2,1H3,(H,21,22). The summed E-state index contributed by atoms with van der Waals surface area (Å²) in [6, 6.07) is 7.27. The Morgan fingerprint density at radius 3 is 2.92 bits per heavy atom. The van der Waals surface area contributed by atoms with Crippen molar-refractivity contribution < 1.29 is 24.2 Å². The highest BCUT2D eigenvalue weighted by Crippen LogP contribution is 2.24. The molecule has 1 aliphatic rings. The predicted octanol–water partition coefficient (Wildman–Crippen LogP) is 1.60. The largest absolute Gasteiger partial charge is 0.481 e. The number of rotatable bonds is 6. The molecule has 0 aliphatic carbocycles. The Morgan fingerprint density at radius 2 is 2.16 bits per heavy atom. The fraction of sp³-hybridized carbons (Fsp3) is 0.444. The monoisotopic (exact) mass is 346 g/mol. The maximum absolute atomic E-state index is 13.1. The summed E-state index contributed by atoms with van der Waals surface area (Å²) in [7, 11) is 1.64. The van der Waals surface area contributed by atoms with E-state index in [1.54, 1.807) is 12.0 Å². The molecule has 7 heteroatoms. The molecule has 1 unspecified atom stereocenters. The van der Waals surface area contributed by atoms with Gasteiger partial charge in [0.25, 0.3) is 5.91 Å². The van der Waals surface area contributed by atoms with Gasteiger partial charge in [-0.15, -0.1) is 0 Å². The Balaban J connectivity index is 1.94. The van der Waals surface area contributed by atoms with Crippen LogP contribution in [0.5, 0.6) is 0 Å². The first-order valence-electron chi connectivity index (χ1n) is 8.29. The Kier molecular flexibility index (Phi) is 5.35. The van der Waals surface area contributed by atoms with Crippen LogP contribution in [0.4, 0.5) is 0 Å². The number of fused-ring (bicyclic) bond motifs is 1. The number of amides is 1. The van der Waals surface area contributed by atoms with Crippen molar-refractivity contribution in [2.24, 2.45) is 0 Å². The number of hydrogen-bond acceptors (Lipinski definition) is 4. The molecule has 7 nitrogen and oxygen atoms in total. The van der Waals surface area contributed by atoms with E-state index in [9.17, 15) is 9.59 Å². The molecule has 3 rings (SSSR count). The number of morpholine rings is 1. The summed E-state index contributed by atoms with van der Waals surface area (Å²) < 4.78 is 12.5. The fourth-order valence-electron chi connectivity index (χ4n) is 3.24. The van der Waals surface area contributed by atoms with Gasteiger partial charge in [0.1, 0.15) is 0 Å². The molecule has 1 aromatic carbocycles. The van der Waals surface area contributed by atoms with E-state index in [4.69, 9.17) is 14.6 Å². The van der Waals surface area contributed by atoms with Gasteiger partial charge in [0.2, 0.25) is 0 Å². The molecule has 1 amide bonds. The summed E-state index contributed by atoms with van der Waals surface area (Å²) in [4.78, 5) is 25.8. The number of ether oxygens (including phenoxy) is 2. The van der Waals surface area contributed by atoms with Crippen LogP contribution in [0.2, 0.25) is 0 Å². The average Bonchev–Trinajstić information content (AvgIpc) is 2.98. The van der Waals surface area contributed by atoms with Crippen LogP contribution in [-0.4, -0.2) is 66.0 Å². The molecular weight excluding hydrogens is 324 g/mol. The van der Waals surface area contributed by atoms with Crippen molar-refractivity contribution in [1.29, 1.82) is 0 Å². The van der Waals surface area contributed by atoms with Gasteiger partial charge in [0, 0.05) is 37.3 Å². The molecule has 1 fully saturated rings. The first-order chi connectivity index (χ1) is 12.1. The van der Waals surface area contributed by atoms with Crippen LogP contribution in [0.25, 0.3) is 10.9 Å². The quantitative estimate of drug-likeness (QED) is 0.859. The summed E-state index contributed by atoms with van der Waals surface area (Å²) in [5.41, 5.74) is 1.55. The Bertz CT molecular complexity index is 770. The Hall–Kier alpha value is -2.38. The summed E-state index contributed by atoms with van der Waals surface area (Å²) in [6.07, 6.45) is 1.72. The van der Waals surface area contributed by atoms with Crippen molar-refractivity contribution in [2.75, 3.05) is 33.5 Å². The molecule has 1 saturated heterocycles. The number of carboxylic acids is 1. The Labute approximate surface area is 145 Å². The minimum absolute atomic E-state index is 0.117. The van der Waals surface area contributed by atoms with E-state index in [2.05, 4.69) is 0 Å². The highest BCUT2D eigenvalue weighted by atomic mass is 16.5. The molecule has 0 spiro atoms. The first-order valence-corrected chi connectivity index (χ1v) is 8.29. The lowest BCUT2D eigenvalue weighted by molar-refractivity contribution is -0.139. The second-order valence-corrected chi connectivity index (χ2v) is 6.07. The molecule has 1 N–H and O–H groups in total. The van der Waals surface area contributed by atoms with E-state index in [-0.39, 0.29) is 18.9 Å². The van der Waals surface area contributed by atoms with Crippen molar-refractivity contribution in [2.45, 2.75) is 19.0 Å². The van der Waals surface area contributed by atoms with Crippen LogP contribution in [0.3, 0.4) is 0 Å². The van der Waals surface area contributed by atoms with Crippen LogP contribution in [0.1, 0.15) is 16.8 Å². The van der Waals surface area contributed by atoms with Gasteiger partial charge in [-0.1, -0.05) is 18.2 Å². The number of aliphatic carboxylic acids is 1. The van der Waals surface area contributed by atoms with Gasteiger partial charge in [-0.2, -0.15) is 0 Å². The maximum atomic E-state index is 13.1. The number of nitrogens with zero attached hydrogens (tertiary/aromatic N) is 2. The van der Waals surface area contributed by atoms with Crippen molar-refractivity contribution in [3.63, 3.8) is 0 Å². The minimum Gasteiger partial charge on any atom is -0.481 e. The number of para-hydroxylation sites is 1. The first kappa shape index (κ1) is 17.4. The molecule has 25 heavy (non-hydrogen) atoms. The maximum Gasteiger partial charge on any atom is 0.305 e. The highest BCUT2D eigenvalue weighted by Gasteiger charge is 2.31. The lowest BCUT2D eigenvalue weighted by Crippen LogP contribution is -2.49. The molecule has 0 bridgehead atoms. The van der Waals surface area contributed by atoms with Gasteiger partial charge < -0.3 is 24.0 Å². The van der Waals surface area contributed by atoms with Crippen LogP contribution in [-0.2, 0) is 20.8 Å². The number of benzene rings is 1. The lowest BCUT2D eigenvalue weighted by atomic mass is 10.1. The summed E-state index contributed by atoms with van der Waals surface area (Å²) in [6.45, 7) is 2.26. The third-order valence-electron chi connectivity index (χ3n) is 4.45. The number of carbonyl (C=O) groups excluding carboxylic acids is 1. The second-order valence-electron chi connectivity index (χ2n) is 6.07. The zero-order valence-electron chi connectivity index (χ0n) is 14.2. The summed E-state index contributed by atoms with van der Waals surface area (Å²) in [5, 5.41) is 9.96. The predicted molar refractivity (Wildman–Crippen MR) is 91.7 cm³/mol. The number of hydrogen-bond donors (Lipinski definition) is 1. The van der Waals surface area contributed by atoms with Crippen molar-refractivity contribution >= 4 is 22.8 Å². The smallest absolute Gasteiger partial charge is 0.305 e.